The minimum Gasteiger partial charge on any atom is -0.303 e. The molecule has 0 spiro atoms. The molecule has 0 heterocycles. The lowest BCUT2D eigenvalue weighted by Gasteiger charge is -2.20. The second-order valence-corrected chi connectivity index (χ2v) is 5.34. The molecule has 0 aliphatic heterocycles. The summed E-state index contributed by atoms with van der Waals surface area (Å²) in [7, 11) is -4.57. The zero-order chi connectivity index (χ0) is 9.28. The van der Waals surface area contributed by atoms with Gasteiger partial charge in [-0.1, -0.05) is 34.8 Å². The van der Waals surface area contributed by atoms with Gasteiger partial charge in [0.25, 0.3) is 0 Å². The second-order valence-electron chi connectivity index (χ2n) is 1.78. The molecule has 1 atom stereocenters. The van der Waals surface area contributed by atoms with Crippen molar-refractivity contribution in [2.24, 2.45) is 0 Å². The van der Waals surface area contributed by atoms with E-state index >= 15 is 0 Å². The number of hydrogen-bond acceptors (Lipinski definition) is 2. The van der Waals surface area contributed by atoms with Gasteiger partial charge in [-0.2, -0.15) is 0 Å². The topological polar surface area (TPSA) is 66.8 Å². The molecule has 2 N–H and O–H groups in total. The standard InChI is InChI=1S/C3H6Cl3O4P/c1-2(3(4,5)6)10-11(7,8)9/h2H,1H3,(H2,7,8,9). The molecule has 0 saturated heterocycles. The molecule has 4 nitrogen and oxygen atoms in total. The van der Waals surface area contributed by atoms with Gasteiger partial charge in [0.2, 0.25) is 3.79 Å². The van der Waals surface area contributed by atoms with Crippen molar-refractivity contribution < 1.29 is 18.9 Å². The molecule has 0 aromatic carbocycles. The average molecular weight is 243 g/mol. The molecule has 1 unspecified atom stereocenters. The second kappa shape index (κ2) is 3.79. The lowest BCUT2D eigenvalue weighted by atomic mass is 10.5. The molecule has 0 aromatic heterocycles. The Hall–Kier alpha value is 0.980. The van der Waals surface area contributed by atoms with Crippen LogP contribution in [0.25, 0.3) is 0 Å². The predicted octanol–water partition coefficient (Wildman–Crippen LogP) is 1.85. The Morgan fingerprint density at radius 3 is 1.91 bits per heavy atom. The van der Waals surface area contributed by atoms with Crippen LogP contribution in [0.5, 0.6) is 0 Å². The largest absolute Gasteiger partial charge is 0.469 e. The van der Waals surface area contributed by atoms with Gasteiger partial charge in [-0.25, -0.2) is 4.57 Å². The maximum atomic E-state index is 10.2. The Balaban J connectivity index is 4.10. The van der Waals surface area contributed by atoms with Gasteiger partial charge in [0.1, 0.15) is 6.10 Å². The number of alkyl halides is 3. The van der Waals surface area contributed by atoms with Crippen molar-refractivity contribution in [1.82, 2.24) is 0 Å². The van der Waals surface area contributed by atoms with E-state index in [1.165, 1.54) is 6.92 Å². The van der Waals surface area contributed by atoms with Gasteiger partial charge in [-0.05, 0) is 6.92 Å². The van der Waals surface area contributed by atoms with Gasteiger partial charge < -0.3 is 9.79 Å². The van der Waals surface area contributed by atoms with E-state index in [9.17, 15) is 4.57 Å². The Kier molecular flexibility index (Phi) is 4.13. The summed E-state index contributed by atoms with van der Waals surface area (Å²) in [4.78, 5) is 16.5. The highest BCUT2D eigenvalue weighted by atomic mass is 35.6. The zero-order valence-electron chi connectivity index (χ0n) is 5.37. The summed E-state index contributed by atoms with van der Waals surface area (Å²) in [5.74, 6) is 0. The number of rotatable bonds is 2. The van der Waals surface area contributed by atoms with Crippen LogP contribution in [0.1, 0.15) is 6.92 Å². The third-order valence-electron chi connectivity index (χ3n) is 0.756. The molecular formula is C3H6Cl3O4P. The summed E-state index contributed by atoms with van der Waals surface area (Å²) >= 11 is 15.8. The van der Waals surface area contributed by atoms with Crippen molar-refractivity contribution in [3.05, 3.63) is 0 Å². The number of hydrogen-bond donors (Lipinski definition) is 2. The van der Waals surface area contributed by atoms with Gasteiger partial charge in [-0.3, -0.25) is 4.52 Å². The van der Waals surface area contributed by atoms with Crippen molar-refractivity contribution in [3.8, 4) is 0 Å². The summed E-state index contributed by atoms with van der Waals surface area (Å²) in [6.45, 7) is 1.24. The van der Waals surface area contributed by atoms with E-state index in [0.717, 1.165) is 0 Å². The first-order valence-corrected chi connectivity index (χ1v) is 5.10. The van der Waals surface area contributed by atoms with E-state index < -0.39 is 17.7 Å². The highest BCUT2D eigenvalue weighted by Gasteiger charge is 2.34. The van der Waals surface area contributed by atoms with Crippen LogP contribution < -0.4 is 0 Å². The first kappa shape index (κ1) is 12.0. The van der Waals surface area contributed by atoms with Gasteiger partial charge >= 0.3 is 7.82 Å². The Bertz CT molecular complexity index is 172. The van der Waals surface area contributed by atoms with E-state index in [-0.39, 0.29) is 0 Å². The number of phosphoric ester groups is 1. The summed E-state index contributed by atoms with van der Waals surface area (Å²) in [5.41, 5.74) is 0. The SMILES string of the molecule is CC(OP(=O)(O)O)C(Cl)(Cl)Cl. The van der Waals surface area contributed by atoms with E-state index in [1.54, 1.807) is 0 Å². The van der Waals surface area contributed by atoms with Crippen molar-refractivity contribution in [2.75, 3.05) is 0 Å². The van der Waals surface area contributed by atoms with Crippen LogP contribution in [0.2, 0.25) is 0 Å². The molecule has 0 aromatic rings. The lowest BCUT2D eigenvalue weighted by Crippen LogP contribution is -2.23. The van der Waals surface area contributed by atoms with Crippen LogP contribution in [0.4, 0.5) is 0 Å². The lowest BCUT2D eigenvalue weighted by molar-refractivity contribution is 0.147. The molecule has 8 heteroatoms. The van der Waals surface area contributed by atoms with Gasteiger partial charge in [0.15, 0.2) is 0 Å². The highest BCUT2D eigenvalue weighted by Crippen LogP contribution is 2.43. The van der Waals surface area contributed by atoms with Crippen LogP contribution in [-0.2, 0) is 9.09 Å². The Morgan fingerprint density at radius 2 is 1.82 bits per heavy atom. The fourth-order valence-electron chi connectivity index (χ4n) is 0.266. The Labute approximate surface area is 78.6 Å². The van der Waals surface area contributed by atoms with E-state index in [4.69, 9.17) is 44.6 Å². The zero-order valence-corrected chi connectivity index (χ0v) is 8.53. The maximum Gasteiger partial charge on any atom is 0.469 e. The molecule has 0 saturated carbocycles. The minimum atomic E-state index is -4.57. The van der Waals surface area contributed by atoms with Gasteiger partial charge in [0.05, 0.1) is 0 Å². The average Bonchev–Trinajstić information content (AvgIpc) is 1.56. The van der Waals surface area contributed by atoms with Gasteiger partial charge in [0, 0.05) is 0 Å². The summed E-state index contributed by atoms with van der Waals surface area (Å²) in [5, 5.41) is 0. The van der Waals surface area contributed by atoms with E-state index in [1.807, 2.05) is 0 Å². The first-order chi connectivity index (χ1) is 4.63. The van der Waals surface area contributed by atoms with Crippen molar-refractivity contribution >= 4 is 42.6 Å². The van der Waals surface area contributed by atoms with Crippen LogP contribution >= 0.6 is 42.6 Å². The molecule has 0 aliphatic carbocycles. The quantitative estimate of drug-likeness (QED) is 0.574. The summed E-state index contributed by atoms with van der Waals surface area (Å²) < 4.78 is 12.4. The van der Waals surface area contributed by atoms with Crippen molar-refractivity contribution in [3.63, 3.8) is 0 Å². The van der Waals surface area contributed by atoms with Crippen LogP contribution in [0.15, 0.2) is 0 Å². The predicted molar refractivity (Wildman–Crippen MR) is 42.9 cm³/mol. The molecule has 0 aliphatic rings. The van der Waals surface area contributed by atoms with E-state index in [0.29, 0.717) is 0 Å². The minimum absolute atomic E-state index is 1.16. The smallest absolute Gasteiger partial charge is 0.303 e. The molecule has 0 radical (unpaired) electrons. The molecule has 0 bridgehead atoms. The number of halogens is 3. The normalized spacial score (nSPS) is 16.5. The third kappa shape index (κ3) is 6.17. The number of phosphoric acid groups is 1. The van der Waals surface area contributed by atoms with Crippen molar-refractivity contribution in [2.45, 2.75) is 16.8 Å². The highest BCUT2D eigenvalue weighted by molar-refractivity contribution is 7.46. The van der Waals surface area contributed by atoms with Crippen LogP contribution in [0.3, 0.4) is 0 Å². The van der Waals surface area contributed by atoms with Crippen LogP contribution in [-0.4, -0.2) is 19.7 Å². The third-order valence-corrected chi connectivity index (χ3v) is 2.27. The summed E-state index contributed by atoms with van der Waals surface area (Å²) in [6.07, 6.45) is -1.16. The molecule has 0 fully saturated rings. The Morgan fingerprint density at radius 1 is 1.45 bits per heavy atom. The fourth-order valence-corrected chi connectivity index (χ4v) is 1.16. The molecular weight excluding hydrogens is 237 g/mol. The van der Waals surface area contributed by atoms with Crippen LogP contribution in [0, 0.1) is 0 Å². The van der Waals surface area contributed by atoms with Crippen molar-refractivity contribution in [1.29, 1.82) is 0 Å². The molecule has 0 amide bonds. The molecule has 0 rings (SSSR count). The first-order valence-electron chi connectivity index (χ1n) is 2.43. The monoisotopic (exact) mass is 242 g/mol. The maximum absolute atomic E-state index is 10.2. The summed E-state index contributed by atoms with van der Waals surface area (Å²) in [6, 6.07) is 0. The fraction of sp³-hybridized carbons (Fsp3) is 1.00. The van der Waals surface area contributed by atoms with Gasteiger partial charge in [-0.15, -0.1) is 0 Å². The van der Waals surface area contributed by atoms with E-state index in [2.05, 4.69) is 4.52 Å². The molecule has 11 heavy (non-hydrogen) atoms. The molecule has 68 valence electrons.